The van der Waals surface area contributed by atoms with Crippen LogP contribution in [0.5, 0.6) is 0 Å². The van der Waals surface area contributed by atoms with Crippen LogP contribution >= 0.6 is 0 Å². The first-order valence-electron chi connectivity index (χ1n) is 15.1. The first kappa shape index (κ1) is 29.8. The molecule has 1 aliphatic rings. The summed E-state index contributed by atoms with van der Waals surface area (Å²) >= 11 is 0. The highest BCUT2D eigenvalue weighted by atomic mass is 16.4. The molecule has 1 aromatic carbocycles. The third-order valence-corrected chi connectivity index (χ3v) is 7.98. The van der Waals surface area contributed by atoms with E-state index in [4.69, 9.17) is 5.10 Å². The second-order valence-corrected chi connectivity index (χ2v) is 12.1. The van der Waals surface area contributed by atoms with Gasteiger partial charge < -0.3 is 14.9 Å². The molecule has 0 spiro atoms. The van der Waals surface area contributed by atoms with Crippen molar-refractivity contribution >= 4 is 17.4 Å². The third-order valence-electron chi connectivity index (χ3n) is 7.98. The lowest BCUT2D eigenvalue weighted by molar-refractivity contribution is 0.0695. The number of nitrogens with zero attached hydrogens (tertiary/aromatic N) is 4. The van der Waals surface area contributed by atoms with Gasteiger partial charge >= 0.3 is 5.97 Å². The lowest BCUT2D eigenvalue weighted by Crippen LogP contribution is -2.34. The van der Waals surface area contributed by atoms with Crippen molar-refractivity contribution in [2.45, 2.75) is 72.6 Å². The van der Waals surface area contributed by atoms with E-state index in [0.717, 1.165) is 67.7 Å². The van der Waals surface area contributed by atoms with Crippen LogP contribution in [0.4, 0.5) is 0 Å². The second-order valence-electron chi connectivity index (χ2n) is 12.1. The topological polar surface area (TPSA) is 78.1 Å². The van der Waals surface area contributed by atoms with Crippen LogP contribution in [0.2, 0.25) is 0 Å². The second kappa shape index (κ2) is 13.9. The quantitative estimate of drug-likeness (QED) is 0.260. The lowest BCUT2D eigenvalue weighted by Gasteiger charge is -2.26. The summed E-state index contributed by atoms with van der Waals surface area (Å²) in [4.78, 5) is 29.7. The average Bonchev–Trinajstić information content (AvgIpc) is 3.31. The summed E-state index contributed by atoms with van der Waals surface area (Å²) in [5, 5.41) is 14.3. The highest BCUT2D eigenvalue weighted by Gasteiger charge is 2.21. The van der Waals surface area contributed by atoms with E-state index in [1.807, 2.05) is 39.9 Å². The summed E-state index contributed by atoms with van der Waals surface area (Å²) in [6.07, 6.45) is 9.58. The number of benzene rings is 1. The Hall–Kier alpha value is -3.19. The number of amides is 1. The summed E-state index contributed by atoms with van der Waals surface area (Å²) in [7, 11) is 0. The van der Waals surface area contributed by atoms with Gasteiger partial charge in [-0.05, 0) is 94.3 Å². The van der Waals surface area contributed by atoms with Crippen molar-refractivity contribution < 1.29 is 14.7 Å². The van der Waals surface area contributed by atoms with Crippen LogP contribution in [0, 0.1) is 11.8 Å². The maximum Gasteiger partial charge on any atom is 0.335 e. The minimum Gasteiger partial charge on any atom is -0.478 e. The van der Waals surface area contributed by atoms with E-state index in [1.54, 1.807) is 12.1 Å². The van der Waals surface area contributed by atoms with Crippen molar-refractivity contribution in [2.75, 3.05) is 32.7 Å². The number of hydrogen-bond donors (Lipinski definition) is 1. The van der Waals surface area contributed by atoms with Crippen LogP contribution in [-0.2, 0) is 6.42 Å². The van der Waals surface area contributed by atoms with Gasteiger partial charge in [0.2, 0.25) is 0 Å². The summed E-state index contributed by atoms with van der Waals surface area (Å²) < 4.78 is 1.88. The molecule has 3 heterocycles. The normalized spacial score (nSPS) is 14.3. The number of carboxylic acid groups (broad SMARTS) is 1. The average molecular weight is 547 g/mol. The minimum atomic E-state index is -0.939. The fraction of sp³-hybridized carbons (Fsp3) is 0.545. The van der Waals surface area contributed by atoms with Crippen LogP contribution in [0.1, 0.15) is 92.5 Å². The SMILES string of the molecule is CC(C)CCN(CCC(C)C)C(=O)c1ccn2nc(-c3ccc(C(=O)O)cc3)c(CCCN3CCCCC3)c2c1. The minimum absolute atomic E-state index is 0.0802. The third kappa shape index (κ3) is 7.72. The molecule has 1 N–H and O–H groups in total. The Labute approximate surface area is 239 Å². The number of aryl methyl sites for hydroxylation is 1. The predicted molar refractivity (Wildman–Crippen MR) is 161 cm³/mol. The Bertz CT molecular complexity index is 1260. The zero-order valence-corrected chi connectivity index (χ0v) is 24.7. The van der Waals surface area contributed by atoms with E-state index < -0.39 is 5.97 Å². The number of likely N-dealkylation sites (tertiary alicyclic amines) is 1. The summed E-state index contributed by atoms with van der Waals surface area (Å²) in [5.74, 6) is 0.212. The number of rotatable bonds is 13. The molecule has 7 nitrogen and oxygen atoms in total. The number of carbonyl (C=O) groups excluding carboxylic acids is 1. The number of carboxylic acids is 1. The van der Waals surface area contributed by atoms with Crippen molar-refractivity contribution in [1.82, 2.24) is 19.4 Å². The van der Waals surface area contributed by atoms with Gasteiger partial charge in [0, 0.05) is 36.0 Å². The fourth-order valence-corrected chi connectivity index (χ4v) is 5.46. The van der Waals surface area contributed by atoms with Crippen LogP contribution in [0.3, 0.4) is 0 Å². The van der Waals surface area contributed by atoms with Crippen LogP contribution in [0.15, 0.2) is 42.6 Å². The van der Waals surface area contributed by atoms with Crippen molar-refractivity contribution in [2.24, 2.45) is 11.8 Å². The molecule has 1 amide bonds. The first-order chi connectivity index (χ1) is 19.2. The molecule has 40 heavy (non-hydrogen) atoms. The van der Waals surface area contributed by atoms with Gasteiger partial charge in [0.25, 0.3) is 5.91 Å². The molecule has 7 heteroatoms. The van der Waals surface area contributed by atoms with E-state index in [1.165, 1.54) is 32.4 Å². The van der Waals surface area contributed by atoms with Gasteiger partial charge in [-0.2, -0.15) is 5.10 Å². The number of fused-ring (bicyclic) bond motifs is 1. The Morgan fingerprint density at radius 3 is 2.17 bits per heavy atom. The number of pyridine rings is 1. The number of aromatic nitrogens is 2. The fourth-order valence-electron chi connectivity index (χ4n) is 5.46. The van der Waals surface area contributed by atoms with Crippen molar-refractivity contribution in [1.29, 1.82) is 0 Å². The Morgan fingerprint density at radius 2 is 1.57 bits per heavy atom. The highest BCUT2D eigenvalue weighted by Crippen LogP contribution is 2.29. The van der Waals surface area contributed by atoms with E-state index in [0.29, 0.717) is 17.4 Å². The zero-order valence-electron chi connectivity index (χ0n) is 24.7. The van der Waals surface area contributed by atoms with Crippen LogP contribution in [-0.4, -0.2) is 69.1 Å². The van der Waals surface area contributed by atoms with Gasteiger partial charge in [-0.1, -0.05) is 46.2 Å². The summed E-state index contributed by atoms with van der Waals surface area (Å²) in [6, 6.07) is 10.8. The van der Waals surface area contributed by atoms with Gasteiger partial charge in [0.1, 0.15) is 0 Å². The molecular formula is C33H46N4O3. The smallest absolute Gasteiger partial charge is 0.335 e. The molecule has 216 valence electrons. The Balaban J connectivity index is 1.66. The number of aromatic carboxylic acids is 1. The van der Waals surface area contributed by atoms with Crippen LogP contribution in [0.25, 0.3) is 16.8 Å². The molecule has 0 radical (unpaired) electrons. The molecule has 0 aliphatic carbocycles. The molecule has 2 aromatic heterocycles. The Morgan fingerprint density at radius 1 is 0.925 bits per heavy atom. The van der Waals surface area contributed by atoms with E-state index in [2.05, 4.69) is 32.6 Å². The molecule has 1 saturated heterocycles. The van der Waals surface area contributed by atoms with Crippen molar-refractivity contribution in [3.8, 4) is 11.3 Å². The molecule has 0 saturated carbocycles. The number of carbonyl (C=O) groups is 2. The van der Waals surface area contributed by atoms with Gasteiger partial charge in [0.15, 0.2) is 0 Å². The van der Waals surface area contributed by atoms with Gasteiger partial charge in [-0.25, -0.2) is 9.31 Å². The molecule has 0 unspecified atom stereocenters. The zero-order chi connectivity index (χ0) is 28.6. The molecule has 1 fully saturated rings. The largest absolute Gasteiger partial charge is 0.478 e. The molecular weight excluding hydrogens is 500 g/mol. The molecule has 1 aliphatic heterocycles. The predicted octanol–water partition coefficient (Wildman–Crippen LogP) is 6.65. The van der Waals surface area contributed by atoms with Crippen molar-refractivity contribution in [3.63, 3.8) is 0 Å². The molecule has 4 rings (SSSR count). The van der Waals surface area contributed by atoms with Crippen LogP contribution < -0.4 is 0 Å². The Kier molecular flexibility index (Phi) is 10.4. The van der Waals surface area contributed by atoms with E-state index in [9.17, 15) is 14.7 Å². The maximum atomic E-state index is 13.8. The van der Waals surface area contributed by atoms with Crippen molar-refractivity contribution in [3.05, 3.63) is 59.3 Å². The van der Waals surface area contributed by atoms with E-state index >= 15 is 0 Å². The van der Waals surface area contributed by atoms with E-state index in [-0.39, 0.29) is 11.5 Å². The van der Waals surface area contributed by atoms with Gasteiger partial charge in [-0.3, -0.25) is 4.79 Å². The monoisotopic (exact) mass is 546 g/mol. The number of piperidine rings is 1. The molecule has 0 bridgehead atoms. The molecule has 0 atom stereocenters. The highest BCUT2D eigenvalue weighted by molar-refractivity contribution is 5.96. The number of hydrogen-bond acceptors (Lipinski definition) is 4. The summed E-state index contributed by atoms with van der Waals surface area (Å²) in [6.45, 7) is 13.7. The van der Waals surface area contributed by atoms with Gasteiger partial charge in [-0.15, -0.1) is 0 Å². The van der Waals surface area contributed by atoms with Gasteiger partial charge in [0.05, 0.1) is 16.8 Å². The summed E-state index contributed by atoms with van der Waals surface area (Å²) in [5.41, 5.74) is 4.78. The first-order valence-corrected chi connectivity index (χ1v) is 15.1. The lowest BCUT2D eigenvalue weighted by atomic mass is 10.0. The standard InChI is InChI=1S/C33H46N4O3/c1-24(2)14-20-36(21-15-25(3)4)32(38)28-16-22-37-30(23-28)29(9-8-19-35-17-6-5-7-18-35)31(34-37)26-10-12-27(13-11-26)33(39)40/h10-13,16,22-25H,5-9,14-15,17-21H2,1-4H3,(H,39,40). The maximum absolute atomic E-state index is 13.8. The molecule has 3 aromatic rings.